The zero-order valence-corrected chi connectivity index (χ0v) is 8.13. The van der Waals surface area contributed by atoms with Gasteiger partial charge in [0.25, 0.3) is 0 Å². The van der Waals surface area contributed by atoms with Crippen LogP contribution in [0, 0.1) is 0 Å². The van der Waals surface area contributed by atoms with Crippen LogP contribution in [0.3, 0.4) is 0 Å². The summed E-state index contributed by atoms with van der Waals surface area (Å²) in [7, 11) is 1.69. The van der Waals surface area contributed by atoms with Gasteiger partial charge in [0, 0.05) is 19.1 Å². The molecule has 0 bridgehead atoms. The molecule has 3 nitrogen and oxygen atoms in total. The monoisotopic (exact) mass is 170 g/mol. The van der Waals surface area contributed by atoms with Gasteiger partial charge in [-0.15, -0.1) is 0 Å². The first kappa shape index (κ1) is 9.52. The highest BCUT2D eigenvalue weighted by molar-refractivity contribution is 5.77. The lowest BCUT2D eigenvalue weighted by Gasteiger charge is -2.24. The summed E-state index contributed by atoms with van der Waals surface area (Å²) in [5.41, 5.74) is 0. The van der Waals surface area contributed by atoms with Gasteiger partial charge in [0.1, 0.15) is 0 Å². The number of carbonyl (C=O) groups excluding carboxylic acids is 1. The van der Waals surface area contributed by atoms with E-state index >= 15 is 0 Å². The Bertz CT molecular complexity index is 160. The third kappa shape index (κ3) is 1.97. The van der Waals surface area contributed by atoms with Gasteiger partial charge in [-0.05, 0) is 26.7 Å². The number of carbonyl (C=O) groups is 1. The fourth-order valence-corrected chi connectivity index (χ4v) is 1.81. The van der Waals surface area contributed by atoms with E-state index < -0.39 is 0 Å². The Morgan fingerprint density at radius 2 is 1.92 bits per heavy atom. The molecule has 12 heavy (non-hydrogen) atoms. The van der Waals surface area contributed by atoms with E-state index in [1.165, 1.54) is 12.8 Å². The standard InChI is InChI=1S/C9H18N2O/c1-7-4-5-8(2)11(7)6-9(12)10-3/h7-8H,4-6H2,1-3H3,(H,10,12). The lowest BCUT2D eigenvalue weighted by molar-refractivity contribution is -0.122. The summed E-state index contributed by atoms with van der Waals surface area (Å²) < 4.78 is 0. The zero-order valence-electron chi connectivity index (χ0n) is 8.13. The first-order valence-corrected chi connectivity index (χ1v) is 4.61. The van der Waals surface area contributed by atoms with Crippen molar-refractivity contribution in [1.29, 1.82) is 0 Å². The van der Waals surface area contributed by atoms with Crippen LogP contribution in [0.25, 0.3) is 0 Å². The van der Waals surface area contributed by atoms with E-state index in [0.29, 0.717) is 18.6 Å². The molecular formula is C9H18N2O. The van der Waals surface area contributed by atoms with Gasteiger partial charge in [0.05, 0.1) is 6.54 Å². The first-order valence-electron chi connectivity index (χ1n) is 4.61. The van der Waals surface area contributed by atoms with Crippen LogP contribution in [-0.4, -0.2) is 36.5 Å². The van der Waals surface area contributed by atoms with Crippen molar-refractivity contribution in [2.24, 2.45) is 0 Å². The smallest absolute Gasteiger partial charge is 0.233 e. The second-order valence-electron chi connectivity index (χ2n) is 3.62. The summed E-state index contributed by atoms with van der Waals surface area (Å²) in [4.78, 5) is 13.4. The number of likely N-dealkylation sites (N-methyl/N-ethyl adjacent to an activating group) is 1. The van der Waals surface area contributed by atoms with Crippen molar-refractivity contribution in [3.8, 4) is 0 Å². The van der Waals surface area contributed by atoms with E-state index in [4.69, 9.17) is 0 Å². The Morgan fingerprint density at radius 1 is 1.42 bits per heavy atom. The lowest BCUT2D eigenvalue weighted by atomic mass is 10.2. The molecule has 0 spiro atoms. The predicted molar refractivity (Wildman–Crippen MR) is 48.9 cm³/mol. The quantitative estimate of drug-likeness (QED) is 0.658. The van der Waals surface area contributed by atoms with Crippen LogP contribution in [-0.2, 0) is 4.79 Å². The van der Waals surface area contributed by atoms with Crippen molar-refractivity contribution in [2.75, 3.05) is 13.6 Å². The first-order chi connectivity index (χ1) is 5.65. The van der Waals surface area contributed by atoms with E-state index in [0.717, 1.165) is 0 Å². The maximum atomic E-state index is 11.1. The molecule has 1 aliphatic heterocycles. The Kier molecular flexibility index (Phi) is 3.09. The molecule has 0 radical (unpaired) electrons. The number of nitrogens with zero attached hydrogens (tertiary/aromatic N) is 1. The number of hydrogen-bond acceptors (Lipinski definition) is 2. The van der Waals surface area contributed by atoms with Crippen LogP contribution < -0.4 is 5.32 Å². The van der Waals surface area contributed by atoms with Crippen molar-refractivity contribution in [3.05, 3.63) is 0 Å². The van der Waals surface area contributed by atoms with E-state index in [1.54, 1.807) is 7.05 Å². The Hall–Kier alpha value is -0.570. The third-order valence-electron chi connectivity index (χ3n) is 2.74. The highest BCUT2D eigenvalue weighted by atomic mass is 16.1. The summed E-state index contributed by atoms with van der Waals surface area (Å²) in [5.74, 6) is 0.121. The molecule has 1 rings (SSSR count). The summed E-state index contributed by atoms with van der Waals surface area (Å²) in [5, 5.41) is 2.65. The van der Waals surface area contributed by atoms with Crippen LogP contribution in [0.1, 0.15) is 26.7 Å². The lowest BCUT2D eigenvalue weighted by Crippen LogP contribution is -2.40. The number of amides is 1. The van der Waals surface area contributed by atoms with E-state index in [-0.39, 0.29) is 5.91 Å². The van der Waals surface area contributed by atoms with Gasteiger partial charge >= 0.3 is 0 Å². The molecule has 0 aromatic heterocycles. The normalized spacial score (nSPS) is 30.6. The van der Waals surface area contributed by atoms with E-state index in [9.17, 15) is 4.79 Å². The molecule has 0 saturated carbocycles. The molecule has 0 aromatic rings. The van der Waals surface area contributed by atoms with Crippen LogP contribution in [0.2, 0.25) is 0 Å². The molecule has 1 heterocycles. The van der Waals surface area contributed by atoms with Crippen LogP contribution >= 0.6 is 0 Å². The second kappa shape index (κ2) is 3.90. The van der Waals surface area contributed by atoms with E-state index in [2.05, 4.69) is 24.1 Å². The third-order valence-corrected chi connectivity index (χ3v) is 2.74. The molecule has 1 fully saturated rings. The minimum atomic E-state index is 0.121. The Balaban J connectivity index is 2.44. The van der Waals surface area contributed by atoms with Crippen LogP contribution in [0.4, 0.5) is 0 Å². The molecular weight excluding hydrogens is 152 g/mol. The Labute approximate surface area is 74.1 Å². The van der Waals surface area contributed by atoms with Crippen molar-refractivity contribution in [3.63, 3.8) is 0 Å². The maximum absolute atomic E-state index is 11.1. The predicted octanol–water partition coefficient (Wildman–Crippen LogP) is 0.605. The van der Waals surface area contributed by atoms with E-state index in [1.807, 2.05) is 0 Å². The van der Waals surface area contributed by atoms with Gasteiger partial charge in [0.15, 0.2) is 0 Å². The van der Waals surface area contributed by atoms with Gasteiger partial charge in [-0.3, -0.25) is 9.69 Å². The summed E-state index contributed by atoms with van der Waals surface area (Å²) in [6.45, 7) is 4.93. The highest BCUT2D eigenvalue weighted by Crippen LogP contribution is 2.22. The SMILES string of the molecule is CNC(=O)CN1C(C)CCC1C. The number of rotatable bonds is 2. The number of nitrogens with one attached hydrogen (secondary N) is 1. The second-order valence-corrected chi connectivity index (χ2v) is 3.62. The average Bonchev–Trinajstić information content (AvgIpc) is 2.35. The van der Waals surface area contributed by atoms with Crippen LogP contribution in [0.15, 0.2) is 0 Å². The fraction of sp³-hybridized carbons (Fsp3) is 0.889. The maximum Gasteiger partial charge on any atom is 0.233 e. The highest BCUT2D eigenvalue weighted by Gasteiger charge is 2.28. The molecule has 1 saturated heterocycles. The van der Waals surface area contributed by atoms with Gasteiger partial charge in [-0.25, -0.2) is 0 Å². The number of likely N-dealkylation sites (tertiary alicyclic amines) is 1. The Morgan fingerprint density at radius 3 is 2.33 bits per heavy atom. The summed E-state index contributed by atoms with van der Waals surface area (Å²) in [6, 6.07) is 1.13. The molecule has 1 amide bonds. The summed E-state index contributed by atoms with van der Waals surface area (Å²) in [6.07, 6.45) is 2.44. The number of hydrogen-bond donors (Lipinski definition) is 1. The molecule has 70 valence electrons. The molecule has 2 atom stereocenters. The fourth-order valence-electron chi connectivity index (χ4n) is 1.81. The van der Waals surface area contributed by atoms with Gasteiger partial charge in [-0.2, -0.15) is 0 Å². The largest absolute Gasteiger partial charge is 0.358 e. The van der Waals surface area contributed by atoms with Crippen molar-refractivity contribution < 1.29 is 4.79 Å². The molecule has 2 unspecified atom stereocenters. The van der Waals surface area contributed by atoms with Gasteiger partial charge in [0.2, 0.25) is 5.91 Å². The topological polar surface area (TPSA) is 32.3 Å². The molecule has 3 heteroatoms. The minimum absolute atomic E-state index is 0.121. The average molecular weight is 170 g/mol. The van der Waals surface area contributed by atoms with Crippen LogP contribution in [0.5, 0.6) is 0 Å². The summed E-state index contributed by atoms with van der Waals surface area (Å²) >= 11 is 0. The molecule has 0 aliphatic carbocycles. The zero-order chi connectivity index (χ0) is 9.14. The van der Waals surface area contributed by atoms with Gasteiger partial charge < -0.3 is 5.32 Å². The molecule has 1 aliphatic rings. The molecule has 0 aromatic carbocycles. The van der Waals surface area contributed by atoms with Crippen molar-refractivity contribution in [2.45, 2.75) is 38.8 Å². The molecule has 1 N–H and O–H groups in total. The minimum Gasteiger partial charge on any atom is -0.358 e. The van der Waals surface area contributed by atoms with Gasteiger partial charge in [-0.1, -0.05) is 0 Å². The van der Waals surface area contributed by atoms with Crippen molar-refractivity contribution >= 4 is 5.91 Å². The van der Waals surface area contributed by atoms with Crippen molar-refractivity contribution in [1.82, 2.24) is 10.2 Å².